The summed E-state index contributed by atoms with van der Waals surface area (Å²) < 4.78 is 0. The molecule has 0 unspecified atom stereocenters. The van der Waals surface area contributed by atoms with Gasteiger partial charge in [-0.15, -0.1) is 13.1 Å². The predicted octanol–water partition coefficient (Wildman–Crippen LogP) is 4.64. The second kappa shape index (κ2) is 11.0. The molecule has 2 aromatic carbocycles. The summed E-state index contributed by atoms with van der Waals surface area (Å²) in [6.07, 6.45) is 4.94. The van der Waals surface area contributed by atoms with Crippen LogP contribution in [0.1, 0.15) is 46.3 Å². The molecule has 1 fully saturated rings. The van der Waals surface area contributed by atoms with Gasteiger partial charge >= 0.3 is 0 Å². The zero-order chi connectivity index (χ0) is 18.5. The van der Waals surface area contributed by atoms with E-state index in [1.165, 1.54) is 16.7 Å². The van der Waals surface area contributed by atoms with Crippen LogP contribution in [0.25, 0.3) is 5.32 Å². The van der Waals surface area contributed by atoms with Crippen molar-refractivity contribution in [3.05, 3.63) is 76.1 Å². The van der Waals surface area contributed by atoms with Gasteiger partial charge in [0.2, 0.25) is 0 Å². The summed E-state index contributed by atoms with van der Waals surface area (Å²) in [6, 6.07) is 17.1. The zero-order valence-electron chi connectivity index (χ0n) is 16.6. The number of hydrogen-bond acceptors (Lipinski definition) is 2. The Morgan fingerprint density at radius 1 is 0.964 bits per heavy atom. The first kappa shape index (κ1) is 22.2. The second-order valence-corrected chi connectivity index (χ2v) is 7.99. The Kier molecular flexibility index (Phi) is 8.73. The van der Waals surface area contributed by atoms with E-state index in [0.717, 1.165) is 64.0 Å². The average molecular weight is 589 g/mol. The van der Waals surface area contributed by atoms with Gasteiger partial charge in [-0.25, -0.2) is 0 Å². The number of benzene rings is 2. The second-order valence-electron chi connectivity index (χ2n) is 7.99. The molecule has 1 radical (unpaired) electrons. The third kappa shape index (κ3) is 5.99. The van der Waals surface area contributed by atoms with Gasteiger partial charge in [0.1, 0.15) is 0 Å². The minimum absolute atomic E-state index is 0. The van der Waals surface area contributed by atoms with Gasteiger partial charge in [0, 0.05) is 75.7 Å². The van der Waals surface area contributed by atoms with Crippen molar-refractivity contribution in [2.75, 3.05) is 26.2 Å². The van der Waals surface area contributed by atoms with Crippen LogP contribution >= 0.6 is 0 Å². The fraction of sp³-hybridized carbons (Fsp3) is 0.458. The summed E-state index contributed by atoms with van der Waals surface area (Å²) >= 11 is 0. The van der Waals surface area contributed by atoms with Crippen molar-refractivity contribution in [1.29, 1.82) is 0 Å². The first-order chi connectivity index (χ1) is 13.3. The molecule has 4 heteroatoms. The number of carbonyl (C=O) groups excluding carboxylic acids is 1. The maximum absolute atomic E-state index is 12.7. The Labute approximate surface area is 204 Å². The third-order valence-corrected chi connectivity index (χ3v) is 6.04. The van der Waals surface area contributed by atoms with E-state index in [1.54, 1.807) is 0 Å². The van der Waals surface area contributed by atoms with E-state index in [9.17, 15) is 4.79 Å². The molecule has 0 atom stereocenters. The van der Waals surface area contributed by atoms with Crippen LogP contribution in [0.4, 0.5) is 0 Å². The number of nitrogens with zero attached hydrogens (tertiary/aromatic N) is 2. The number of hydrogen-bond donors (Lipinski definition) is 0. The number of rotatable bonds is 5. The van der Waals surface area contributed by atoms with E-state index in [4.69, 9.17) is 0 Å². The smallest absolute Gasteiger partial charge is 0.163 e. The molecule has 0 saturated carbocycles. The van der Waals surface area contributed by atoms with Crippen LogP contribution in [0.3, 0.4) is 0 Å². The Hall–Kier alpha value is -0.528. The predicted molar refractivity (Wildman–Crippen MR) is 110 cm³/mol. The van der Waals surface area contributed by atoms with E-state index >= 15 is 0 Å². The van der Waals surface area contributed by atoms with E-state index in [1.807, 2.05) is 0 Å². The molecule has 0 N–H and O–H groups in total. The molecule has 2 aliphatic rings. The monoisotopic (exact) mass is 588 g/mol. The van der Waals surface area contributed by atoms with Gasteiger partial charge in [-0.3, -0.25) is 9.69 Å². The average Bonchev–Trinajstić information content (AvgIpc) is 2.91. The normalized spacial score (nSPS) is 18.0. The minimum atomic E-state index is 0. The van der Waals surface area contributed by atoms with E-state index in [2.05, 4.69) is 58.7 Å². The van der Waals surface area contributed by atoms with Crippen LogP contribution in [-0.2, 0) is 19.4 Å². The van der Waals surface area contributed by atoms with Gasteiger partial charge in [0.05, 0.1) is 0 Å². The molecule has 0 amide bonds. The summed E-state index contributed by atoms with van der Waals surface area (Å²) in [4.78, 5) is 15.3. The van der Waals surface area contributed by atoms with Crippen molar-refractivity contribution in [1.82, 2.24) is 4.90 Å². The summed E-state index contributed by atoms with van der Waals surface area (Å²) in [5.41, 5.74) is 5.07. The molecule has 145 valence electrons. The molecular formula is C24H29AcN2O-. The first-order valence-corrected chi connectivity index (χ1v) is 10.3. The Morgan fingerprint density at radius 2 is 1.68 bits per heavy atom. The van der Waals surface area contributed by atoms with Gasteiger partial charge in [-0.1, -0.05) is 55.3 Å². The fourth-order valence-electron chi connectivity index (χ4n) is 4.33. The molecule has 2 aromatic rings. The zero-order valence-corrected chi connectivity index (χ0v) is 21.4. The summed E-state index contributed by atoms with van der Waals surface area (Å²) in [7, 11) is 0. The maximum Gasteiger partial charge on any atom is 0.163 e. The van der Waals surface area contributed by atoms with Crippen molar-refractivity contribution in [2.24, 2.45) is 5.92 Å². The summed E-state index contributed by atoms with van der Waals surface area (Å²) in [5.74, 6) is 0.838. The van der Waals surface area contributed by atoms with E-state index in [-0.39, 0.29) is 44.1 Å². The van der Waals surface area contributed by atoms with Crippen LogP contribution in [-0.4, -0.2) is 36.9 Å². The minimum Gasteiger partial charge on any atom is -0.662 e. The van der Waals surface area contributed by atoms with Crippen molar-refractivity contribution in [2.45, 2.75) is 38.6 Å². The van der Waals surface area contributed by atoms with Gasteiger partial charge < -0.3 is 5.32 Å². The molecule has 0 aliphatic carbocycles. The number of ketones is 1. The van der Waals surface area contributed by atoms with Crippen molar-refractivity contribution >= 4 is 5.78 Å². The topological polar surface area (TPSA) is 34.4 Å². The van der Waals surface area contributed by atoms with Crippen molar-refractivity contribution in [3.8, 4) is 0 Å². The number of carbonyl (C=O) groups is 1. The van der Waals surface area contributed by atoms with E-state index in [0.29, 0.717) is 18.1 Å². The number of piperidine rings is 1. The molecule has 0 aromatic heterocycles. The van der Waals surface area contributed by atoms with Gasteiger partial charge in [0.25, 0.3) is 0 Å². The molecule has 0 spiro atoms. The van der Waals surface area contributed by atoms with Gasteiger partial charge in [-0.05, 0) is 41.5 Å². The first-order valence-electron chi connectivity index (χ1n) is 10.3. The molecule has 2 aliphatic heterocycles. The van der Waals surface area contributed by atoms with Gasteiger partial charge in [0.15, 0.2) is 5.78 Å². The molecule has 28 heavy (non-hydrogen) atoms. The number of fused-ring (bicyclic) bond motifs is 1. The van der Waals surface area contributed by atoms with Crippen LogP contribution in [0.2, 0.25) is 0 Å². The largest absolute Gasteiger partial charge is 0.662 e. The van der Waals surface area contributed by atoms with Crippen LogP contribution in [0.5, 0.6) is 0 Å². The third-order valence-electron chi connectivity index (χ3n) is 6.04. The van der Waals surface area contributed by atoms with Crippen molar-refractivity contribution < 1.29 is 48.9 Å². The molecule has 0 bridgehead atoms. The molecule has 1 saturated heterocycles. The molecule has 3 nitrogen and oxygen atoms in total. The summed E-state index contributed by atoms with van der Waals surface area (Å²) in [6.45, 7) is 5.01. The Bertz CT molecular complexity index is 771. The van der Waals surface area contributed by atoms with Gasteiger partial charge in [-0.2, -0.15) is 0 Å². The Balaban J connectivity index is 0.00000225. The maximum atomic E-state index is 12.7. The SMILES string of the molecule is O=C(CC1CC[N-]CC1)c1ccc2c(c1)CCN(Cc1ccccc1)CC2.[Ac]. The molecule has 2 heterocycles. The fourth-order valence-corrected chi connectivity index (χ4v) is 4.33. The quantitative estimate of drug-likeness (QED) is 0.478. The number of Topliss-reactive ketones (excluding diaryl/α,β-unsaturated/α-hetero) is 1. The van der Waals surface area contributed by atoms with Crippen molar-refractivity contribution in [3.63, 3.8) is 0 Å². The summed E-state index contributed by atoms with van der Waals surface area (Å²) in [5, 5.41) is 4.40. The van der Waals surface area contributed by atoms with Crippen LogP contribution < -0.4 is 0 Å². The van der Waals surface area contributed by atoms with Crippen LogP contribution in [0.15, 0.2) is 48.5 Å². The standard InChI is InChI=1S/C24H29N2O.Ac/c27-24(16-19-8-12-25-13-9-19)23-7-6-21-10-14-26(15-11-22(21)17-23)18-20-4-2-1-3-5-20;/h1-7,17,19H,8-16,18H2;/q-1;. The molecule has 4 rings (SSSR count). The van der Waals surface area contributed by atoms with Crippen LogP contribution in [0, 0.1) is 50.0 Å². The molecular weight excluding hydrogens is 559 g/mol. The Morgan fingerprint density at radius 3 is 2.43 bits per heavy atom. The van der Waals surface area contributed by atoms with E-state index < -0.39 is 0 Å².